The smallest absolute Gasteiger partial charge is 0.262 e. The summed E-state index contributed by atoms with van der Waals surface area (Å²) < 4.78 is 6.41. The van der Waals surface area contributed by atoms with Gasteiger partial charge in [-0.05, 0) is 48.9 Å². The number of benzene rings is 2. The summed E-state index contributed by atoms with van der Waals surface area (Å²) in [5.41, 5.74) is 1.48. The predicted molar refractivity (Wildman–Crippen MR) is 89.5 cm³/mol. The van der Waals surface area contributed by atoms with Crippen molar-refractivity contribution in [2.24, 2.45) is 0 Å². The number of hydrogen-bond donors (Lipinski definition) is 1. The second-order valence-corrected chi connectivity index (χ2v) is 6.14. The van der Waals surface area contributed by atoms with E-state index in [2.05, 4.69) is 21.2 Å². The monoisotopic (exact) mass is 387 g/mol. The maximum absolute atomic E-state index is 11.8. The van der Waals surface area contributed by atoms with Crippen LogP contribution in [0, 0.1) is 6.92 Å². The summed E-state index contributed by atoms with van der Waals surface area (Å²) in [7, 11) is 0. The number of anilines is 1. The van der Waals surface area contributed by atoms with Crippen LogP contribution in [0.3, 0.4) is 0 Å². The first-order valence-electron chi connectivity index (χ1n) is 6.09. The standard InChI is InChI=1S/C15H12BrCl2NO2/c1-9-6-11(17)7-13(18)15(9)21-8-14(20)19-12-4-2-10(16)3-5-12/h2-7H,8H2,1H3,(H,19,20). The van der Waals surface area contributed by atoms with Crippen LogP contribution in [0.1, 0.15) is 5.56 Å². The van der Waals surface area contributed by atoms with Crippen LogP contribution in [-0.2, 0) is 4.79 Å². The Morgan fingerprint density at radius 2 is 1.90 bits per heavy atom. The molecule has 0 radical (unpaired) electrons. The fourth-order valence-electron chi connectivity index (χ4n) is 1.74. The Morgan fingerprint density at radius 3 is 2.52 bits per heavy atom. The molecule has 2 rings (SSSR count). The second kappa shape index (κ2) is 7.16. The van der Waals surface area contributed by atoms with Crippen molar-refractivity contribution < 1.29 is 9.53 Å². The van der Waals surface area contributed by atoms with Gasteiger partial charge in [0.2, 0.25) is 0 Å². The molecule has 0 fully saturated rings. The van der Waals surface area contributed by atoms with Gasteiger partial charge in [-0.15, -0.1) is 0 Å². The van der Waals surface area contributed by atoms with Gasteiger partial charge in [0.1, 0.15) is 5.75 Å². The fraction of sp³-hybridized carbons (Fsp3) is 0.133. The molecular formula is C15H12BrCl2NO2. The fourth-order valence-corrected chi connectivity index (χ4v) is 2.65. The summed E-state index contributed by atoms with van der Waals surface area (Å²) in [6.07, 6.45) is 0. The Bertz CT molecular complexity index is 636. The average Bonchev–Trinajstić information content (AvgIpc) is 2.40. The van der Waals surface area contributed by atoms with Gasteiger partial charge >= 0.3 is 0 Å². The minimum absolute atomic E-state index is 0.127. The molecule has 1 amide bonds. The minimum atomic E-state index is -0.261. The van der Waals surface area contributed by atoms with E-state index in [9.17, 15) is 4.79 Å². The zero-order valence-electron chi connectivity index (χ0n) is 11.1. The Morgan fingerprint density at radius 1 is 1.24 bits per heavy atom. The van der Waals surface area contributed by atoms with Crippen LogP contribution in [-0.4, -0.2) is 12.5 Å². The Labute approximate surface area is 141 Å². The molecule has 0 saturated heterocycles. The first-order valence-corrected chi connectivity index (χ1v) is 7.64. The Hall–Kier alpha value is -1.23. The topological polar surface area (TPSA) is 38.3 Å². The van der Waals surface area contributed by atoms with E-state index >= 15 is 0 Å². The van der Waals surface area contributed by atoms with Gasteiger partial charge in [-0.1, -0.05) is 39.1 Å². The summed E-state index contributed by atoms with van der Waals surface area (Å²) in [6, 6.07) is 10.6. The molecule has 0 aliphatic heterocycles. The maximum Gasteiger partial charge on any atom is 0.262 e. The third-order valence-corrected chi connectivity index (χ3v) is 3.70. The third-order valence-electron chi connectivity index (χ3n) is 2.67. The summed E-state index contributed by atoms with van der Waals surface area (Å²) in [5.74, 6) is 0.203. The van der Waals surface area contributed by atoms with Crippen LogP contribution in [0.25, 0.3) is 0 Å². The van der Waals surface area contributed by atoms with Crippen LogP contribution in [0.2, 0.25) is 10.0 Å². The summed E-state index contributed by atoms with van der Waals surface area (Å²) >= 11 is 15.3. The second-order valence-electron chi connectivity index (χ2n) is 4.38. The Kier molecular flexibility index (Phi) is 5.51. The molecule has 2 aromatic carbocycles. The first kappa shape index (κ1) is 16.1. The number of hydrogen-bond acceptors (Lipinski definition) is 2. The number of rotatable bonds is 4. The van der Waals surface area contributed by atoms with E-state index < -0.39 is 0 Å². The van der Waals surface area contributed by atoms with Crippen molar-refractivity contribution in [2.45, 2.75) is 6.92 Å². The molecule has 0 aliphatic carbocycles. The number of nitrogens with one attached hydrogen (secondary N) is 1. The molecule has 110 valence electrons. The molecule has 0 bridgehead atoms. The van der Waals surface area contributed by atoms with Gasteiger partial charge in [-0.2, -0.15) is 0 Å². The third kappa shape index (κ3) is 4.63. The summed E-state index contributed by atoms with van der Waals surface area (Å²) in [4.78, 5) is 11.8. The number of amides is 1. The van der Waals surface area contributed by atoms with Crippen molar-refractivity contribution >= 4 is 50.7 Å². The van der Waals surface area contributed by atoms with Gasteiger partial charge in [0.25, 0.3) is 5.91 Å². The zero-order chi connectivity index (χ0) is 15.4. The molecule has 2 aromatic rings. The molecule has 0 saturated carbocycles. The molecule has 0 aliphatic rings. The first-order chi connectivity index (χ1) is 9.95. The van der Waals surface area contributed by atoms with Gasteiger partial charge in [-0.3, -0.25) is 4.79 Å². The molecule has 3 nitrogen and oxygen atoms in total. The summed E-state index contributed by atoms with van der Waals surface area (Å²) in [5, 5.41) is 3.65. The highest BCUT2D eigenvalue weighted by atomic mass is 79.9. The molecular weight excluding hydrogens is 377 g/mol. The molecule has 0 heterocycles. The maximum atomic E-state index is 11.8. The van der Waals surface area contributed by atoms with Crippen LogP contribution < -0.4 is 10.1 Å². The lowest BCUT2D eigenvalue weighted by Gasteiger charge is -2.11. The van der Waals surface area contributed by atoms with E-state index in [1.807, 2.05) is 19.1 Å². The quantitative estimate of drug-likeness (QED) is 0.792. The zero-order valence-corrected chi connectivity index (χ0v) is 14.2. The highest BCUT2D eigenvalue weighted by Gasteiger charge is 2.10. The van der Waals surface area contributed by atoms with Gasteiger partial charge in [0, 0.05) is 15.2 Å². The van der Waals surface area contributed by atoms with E-state index in [1.54, 1.807) is 24.3 Å². The van der Waals surface area contributed by atoms with Gasteiger partial charge in [0.05, 0.1) is 5.02 Å². The summed E-state index contributed by atoms with van der Waals surface area (Å²) in [6.45, 7) is 1.69. The van der Waals surface area contributed by atoms with Crippen molar-refractivity contribution in [3.63, 3.8) is 0 Å². The van der Waals surface area contributed by atoms with Crippen molar-refractivity contribution in [1.29, 1.82) is 0 Å². The normalized spacial score (nSPS) is 10.3. The lowest BCUT2D eigenvalue weighted by Crippen LogP contribution is -2.20. The molecule has 0 aromatic heterocycles. The number of carbonyl (C=O) groups is 1. The van der Waals surface area contributed by atoms with E-state index in [0.717, 1.165) is 10.0 Å². The molecule has 1 N–H and O–H groups in total. The van der Waals surface area contributed by atoms with Crippen molar-refractivity contribution in [3.05, 3.63) is 56.5 Å². The van der Waals surface area contributed by atoms with Crippen molar-refractivity contribution in [3.8, 4) is 5.75 Å². The van der Waals surface area contributed by atoms with Gasteiger partial charge in [0.15, 0.2) is 6.61 Å². The molecule has 6 heteroatoms. The molecule has 0 spiro atoms. The van der Waals surface area contributed by atoms with E-state index in [-0.39, 0.29) is 12.5 Å². The highest BCUT2D eigenvalue weighted by Crippen LogP contribution is 2.31. The number of ether oxygens (including phenoxy) is 1. The van der Waals surface area contributed by atoms with Crippen molar-refractivity contribution in [1.82, 2.24) is 0 Å². The largest absolute Gasteiger partial charge is 0.482 e. The lowest BCUT2D eigenvalue weighted by molar-refractivity contribution is -0.118. The van der Waals surface area contributed by atoms with Gasteiger partial charge < -0.3 is 10.1 Å². The molecule has 0 unspecified atom stereocenters. The highest BCUT2D eigenvalue weighted by molar-refractivity contribution is 9.10. The molecule has 0 atom stereocenters. The number of halogens is 3. The van der Waals surface area contributed by atoms with Crippen LogP contribution >= 0.6 is 39.1 Å². The number of aryl methyl sites for hydroxylation is 1. The Balaban J connectivity index is 1.97. The minimum Gasteiger partial charge on any atom is -0.482 e. The predicted octanol–water partition coefficient (Wildman–Crippen LogP) is 5.08. The molecule has 21 heavy (non-hydrogen) atoms. The van der Waals surface area contributed by atoms with Crippen LogP contribution in [0.5, 0.6) is 5.75 Å². The number of carbonyl (C=O) groups excluding carboxylic acids is 1. The van der Waals surface area contributed by atoms with E-state index in [4.69, 9.17) is 27.9 Å². The van der Waals surface area contributed by atoms with E-state index in [0.29, 0.717) is 21.5 Å². The van der Waals surface area contributed by atoms with Crippen molar-refractivity contribution in [2.75, 3.05) is 11.9 Å². The van der Waals surface area contributed by atoms with Crippen LogP contribution in [0.15, 0.2) is 40.9 Å². The van der Waals surface area contributed by atoms with Gasteiger partial charge in [-0.25, -0.2) is 0 Å². The van der Waals surface area contributed by atoms with Crippen LogP contribution in [0.4, 0.5) is 5.69 Å². The SMILES string of the molecule is Cc1cc(Cl)cc(Cl)c1OCC(=O)Nc1ccc(Br)cc1. The lowest BCUT2D eigenvalue weighted by atomic mass is 10.2. The average molecular weight is 389 g/mol. The van der Waals surface area contributed by atoms with E-state index in [1.165, 1.54) is 0 Å².